The van der Waals surface area contributed by atoms with Crippen LogP contribution in [0.2, 0.25) is 0 Å². The minimum absolute atomic E-state index is 0.578. The van der Waals surface area contributed by atoms with Crippen LogP contribution >= 0.6 is 0 Å². The van der Waals surface area contributed by atoms with E-state index in [1.165, 1.54) is 71.4 Å². The molecular weight excluding hydrogens is 310 g/mol. The highest BCUT2D eigenvalue weighted by molar-refractivity contribution is 5.80. The van der Waals surface area contributed by atoms with E-state index in [1.54, 1.807) is 0 Å². The maximum absolute atomic E-state index is 4.82. The molecule has 25 heavy (non-hydrogen) atoms. The summed E-state index contributed by atoms with van der Waals surface area (Å²) in [7, 11) is 0. The van der Waals surface area contributed by atoms with Crippen LogP contribution in [-0.4, -0.2) is 74.2 Å². The second-order valence-electron chi connectivity index (χ2n) is 7.92. The van der Waals surface area contributed by atoms with Crippen molar-refractivity contribution < 1.29 is 0 Å². The van der Waals surface area contributed by atoms with E-state index < -0.39 is 0 Å². The van der Waals surface area contributed by atoms with Gasteiger partial charge >= 0.3 is 0 Å². The summed E-state index contributed by atoms with van der Waals surface area (Å²) in [5, 5.41) is 7.09. The van der Waals surface area contributed by atoms with E-state index >= 15 is 0 Å². The normalized spacial score (nSPS) is 24.4. The lowest BCUT2D eigenvalue weighted by Gasteiger charge is -2.33. The number of nitrogens with one attached hydrogen (secondary N) is 2. The quantitative estimate of drug-likeness (QED) is 0.401. The van der Waals surface area contributed by atoms with Crippen molar-refractivity contribution in [2.45, 2.75) is 65.3 Å². The smallest absolute Gasteiger partial charge is 0.191 e. The number of rotatable bonds is 8. The van der Waals surface area contributed by atoms with Crippen LogP contribution in [0.1, 0.15) is 59.3 Å². The van der Waals surface area contributed by atoms with Crippen molar-refractivity contribution in [2.24, 2.45) is 10.9 Å². The maximum atomic E-state index is 4.82. The lowest BCUT2D eigenvalue weighted by molar-refractivity contribution is 0.183. The van der Waals surface area contributed by atoms with E-state index in [2.05, 4.69) is 41.2 Å². The van der Waals surface area contributed by atoms with E-state index in [1.807, 2.05) is 0 Å². The molecule has 1 atom stereocenters. The molecule has 2 N–H and O–H groups in total. The summed E-state index contributed by atoms with van der Waals surface area (Å²) in [4.78, 5) is 10.0. The Morgan fingerprint density at radius 2 is 1.84 bits per heavy atom. The summed E-state index contributed by atoms with van der Waals surface area (Å²) >= 11 is 0. The number of hydrogen-bond acceptors (Lipinski definition) is 3. The molecule has 2 aliphatic rings. The second kappa shape index (κ2) is 11.7. The third-order valence-electron chi connectivity index (χ3n) is 5.46. The van der Waals surface area contributed by atoms with Gasteiger partial charge in [-0.3, -0.25) is 4.99 Å². The topological polar surface area (TPSA) is 42.9 Å². The van der Waals surface area contributed by atoms with E-state index in [0.717, 1.165) is 31.4 Å². The maximum Gasteiger partial charge on any atom is 0.191 e. The molecule has 0 bridgehead atoms. The Morgan fingerprint density at radius 3 is 2.52 bits per heavy atom. The molecule has 0 aliphatic carbocycles. The van der Waals surface area contributed by atoms with Gasteiger partial charge in [-0.1, -0.05) is 13.8 Å². The molecule has 2 fully saturated rings. The molecule has 5 nitrogen and oxygen atoms in total. The SMILES string of the molecule is CCCN1CCC(NC(=NCCCN2CCCC(C)C2)NCC)CC1. The van der Waals surface area contributed by atoms with Gasteiger partial charge in [0.05, 0.1) is 0 Å². The van der Waals surface area contributed by atoms with Gasteiger partial charge < -0.3 is 20.4 Å². The van der Waals surface area contributed by atoms with E-state index in [4.69, 9.17) is 4.99 Å². The van der Waals surface area contributed by atoms with Crippen LogP contribution in [-0.2, 0) is 0 Å². The third kappa shape index (κ3) is 7.95. The summed E-state index contributed by atoms with van der Waals surface area (Å²) < 4.78 is 0. The molecule has 2 saturated heterocycles. The predicted octanol–water partition coefficient (Wildman–Crippen LogP) is 2.54. The fourth-order valence-corrected chi connectivity index (χ4v) is 4.11. The molecule has 1 unspecified atom stereocenters. The minimum Gasteiger partial charge on any atom is -0.357 e. The Morgan fingerprint density at radius 1 is 1.04 bits per heavy atom. The summed E-state index contributed by atoms with van der Waals surface area (Å²) in [6.45, 7) is 16.1. The first-order valence-corrected chi connectivity index (χ1v) is 10.7. The molecule has 0 amide bonds. The summed E-state index contributed by atoms with van der Waals surface area (Å²) in [5.74, 6) is 1.89. The van der Waals surface area contributed by atoms with Crippen LogP contribution in [0.25, 0.3) is 0 Å². The van der Waals surface area contributed by atoms with E-state index in [9.17, 15) is 0 Å². The van der Waals surface area contributed by atoms with Gasteiger partial charge in [-0.15, -0.1) is 0 Å². The van der Waals surface area contributed by atoms with Gasteiger partial charge in [-0.25, -0.2) is 0 Å². The molecule has 2 rings (SSSR count). The summed E-state index contributed by atoms with van der Waals surface area (Å²) in [5.41, 5.74) is 0. The standard InChI is InChI=1S/C20H41N5/c1-4-12-24-15-9-19(10-16-24)23-20(21-5-2)22-11-7-14-25-13-6-8-18(3)17-25/h18-19H,4-17H2,1-3H3,(H2,21,22,23). The number of piperidine rings is 2. The Bertz CT molecular complexity index is 376. The van der Waals surface area contributed by atoms with Gasteiger partial charge in [0.1, 0.15) is 0 Å². The van der Waals surface area contributed by atoms with E-state index in [-0.39, 0.29) is 0 Å². The van der Waals surface area contributed by atoms with Crippen molar-refractivity contribution in [3.05, 3.63) is 0 Å². The lowest BCUT2D eigenvalue weighted by Crippen LogP contribution is -2.48. The van der Waals surface area contributed by atoms with Crippen LogP contribution in [0.4, 0.5) is 0 Å². The van der Waals surface area contributed by atoms with Crippen LogP contribution in [0.15, 0.2) is 4.99 Å². The zero-order valence-electron chi connectivity index (χ0n) is 16.9. The largest absolute Gasteiger partial charge is 0.357 e. The molecule has 0 aromatic heterocycles. The van der Waals surface area contributed by atoms with Gasteiger partial charge in [0.2, 0.25) is 0 Å². The van der Waals surface area contributed by atoms with Crippen LogP contribution in [0.3, 0.4) is 0 Å². The van der Waals surface area contributed by atoms with Crippen LogP contribution in [0, 0.1) is 5.92 Å². The second-order valence-corrected chi connectivity index (χ2v) is 7.92. The van der Waals surface area contributed by atoms with Crippen molar-refractivity contribution in [2.75, 3.05) is 52.4 Å². The highest BCUT2D eigenvalue weighted by Crippen LogP contribution is 2.15. The number of aliphatic imine (C=N–C) groups is 1. The Balaban J connectivity index is 1.67. The average molecular weight is 352 g/mol. The molecule has 0 aromatic rings. The zero-order valence-corrected chi connectivity index (χ0v) is 16.9. The highest BCUT2D eigenvalue weighted by atomic mass is 15.2. The molecule has 5 heteroatoms. The van der Waals surface area contributed by atoms with Gasteiger partial charge in [-0.2, -0.15) is 0 Å². The molecule has 2 aliphatic heterocycles. The summed E-state index contributed by atoms with van der Waals surface area (Å²) in [6, 6.07) is 0.578. The van der Waals surface area contributed by atoms with Crippen molar-refractivity contribution in [3.8, 4) is 0 Å². The third-order valence-corrected chi connectivity index (χ3v) is 5.46. The fraction of sp³-hybridized carbons (Fsp3) is 0.950. The van der Waals surface area contributed by atoms with Crippen molar-refractivity contribution >= 4 is 5.96 Å². The summed E-state index contributed by atoms with van der Waals surface area (Å²) in [6.07, 6.45) is 7.66. The number of hydrogen-bond donors (Lipinski definition) is 2. The Kier molecular flexibility index (Phi) is 9.63. The Labute approximate surface area is 155 Å². The molecule has 0 spiro atoms. The number of guanidine groups is 1. The molecule has 2 heterocycles. The van der Waals surface area contributed by atoms with Crippen molar-refractivity contribution in [3.63, 3.8) is 0 Å². The first-order chi connectivity index (χ1) is 12.2. The van der Waals surface area contributed by atoms with Gasteiger partial charge in [0.15, 0.2) is 5.96 Å². The molecular formula is C20H41N5. The van der Waals surface area contributed by atoms with E-state index in [0.29, 0.717) is 6.04 Å². The zero-order chi connectivity index (χ0) is 17.9. The molecule has 0 radical (unpaired) electrons. The van der Waals surface area contributed by atoms with Crippen LogP contribution < -0.4 is 10.6 Å². The number of nitrogens with zero attached hydrogens (tertiary/aromatic N) is 3. The van der Waals surface area contributed by atoms with Crippen LogP contribution in [0.5, 0.6) is 0 Å². The molecule has 146 valence electrons. The Hall–Kier alpha value is -0.810. The monoisotopic (exact) mass is 351 g/mol. The minimum atomic E-state index is 0.578. The number of likely N-dealkylation sites (tertiary alicyclic amines) is 2. The fourth-order valence-electron chi connectivity index (χ4n) is 4.11. The predicted molar refractivity (Wildman–Crippen MR) is 108 cm³/mol. The average Bonchev–Trinajstić information content (AvgIpc) is 2.61. The van der Waals surface area contributed by atoms with Gasteiger partial charge in [-0.05, 0) is 71.0 Å². The van der Waals surface area contributed by atoms with Crippen molar-refractivity contribution in [1.82, 2.24) is 20.4 Å². The van der Waals surface area contributed by atoms with Crippen molar-refractivity contribution in [1.29, 1.82) is 0 Å². The molecule has 0 aromatic carbocycles. The molecule has 0 saturated carbocycles. The van der Waals surface area contributed by atoms with Gasteiger partial charge in [0, 0.05) is 38.8 Å². The first-order valence-electron chi connectivity index (χ1n) is 10.7. The highest BCUT2D eigenvalue weighted by Gasteiger charge is 2.19. The van der Waals surface area contributed by atoms with Gasteiger partial charge in [0.25, 0.3) is 0 Å². The lowest BCUT2D eigenvalue weighted by atomic mass is 10.0. The first kappa shape index (κ1) is 20.5.